The number of nitrogens with one attached hydrogen (secondary N) is 1. The van der Waals surface area contributed by atoms with E-state index in [-0.39, 0.29) is 30.5 Å². The summed E-state index contributed by atoms with van der Waals surface area (Å²) < 4.78 is 34.2. The summed E-state index contributed by atoms with van der Waals surface area (Å²) in [6, 6.07) is 0. The largest absolute Gasteiger partial charge is 0.373 e. The monoisotopic (exact) mass is 398 g/mol. The molecule has 0 aromatic rings. The van der Waals surface area contributed by atoms with Gasteiger partial charge in [0, 0.05) is 45.7 Å². The van der Waals surface area contributed by atoms with E-state index < -0.39 is 10.2 Å². The van der Waals surface area contributed by atoms with E-state index in [0.717, 1.165) is 13.0 Å². The highest BCUT2D eigenvalue weighted by Crippen LogP contribution is 2.19. The van der Waals surface area contributed by atoms with Gasteiger partial charge in [-0.1, -0.05) is 0 Å². The number of hydrogen-bond acceptors (Lipinski definition) is 5. The van der Waals surface area contributed by atoms with Crippen molar-refractivity contribution in [1.29, 1.82) is 0 Å². The van der Waals surface area contributed by atoms with Gasteiger partial charge in [0.2, 0.25) is 5.91 Å². The first kappa shape index (κ1) is 22.6. The van der Waals surface area contributed by atoms with Crippen LogP contribution in [0.2, 0.25) is 0 Å². The highest BCUT2D eigenvalue weighted by molar-refractivity contribution is 7.86. The van der Waals surface area contributed by atoms with Crippen LogP contribution in [0.5, 0.6) is 0 Å². The number of rotatable bonds is 6. The first-order valence-electron chi connectivity index (χ1n) is 8.67. The van der Waals surface area contributed by atoms with Gasteiger partial charge in [0.25, 0.3) is 10.2 Å². The lowest BCUT2D eigenvalue weighted by Crippen LogP contribution is -2.57. The second-order valence-electron chi connectivity index (χ2n) is 6.57. The molecule has 10 heteroatoms. The number of amides is 1. The molecule has 2 heterocycles. The third-order valence-corrected chi connectivity index (χ3v) is 6.42. The van der Waals surface area contributed by atoms with E-state index in [9.17, 15) is 13.2 Å². The Morgan fingerprint density at radius 3 is 2.16 bits per heavy atom. The second kappa shape index (κ2) is 10.0. The van der Waals surface area contributed by atoms with Gasteiger partial charge < -0.3 is 15.0 Å². The van der Waals surface area contributed by atoms with Gasteiger partial charge in [-0.05, 0) is 33.9 Å². The summed E-state index contributed by atoms with van der Waals surface area (Å²) in [5.41, 5.74) is 0. The third-order valence-electron chi connectivity index (χ3n) is 4.45. The Balaban J connectivity index is 0.00000312. The molecular weight excluding hydrogens is 368 g/mol. The number of morpholine rings is 1. The molecule has 8 nitrogen and oxygen atoms in total. The fraction of sp³-hybridized carbons (Fsp3) is 0.933. The molecule has 2 unspecified atom stereocenters. The van der Waals surface area contributed by atoms with Crippen molar-refractivity contribution in [2.24, 2.45) is 0 Å². The predicted octanol–water partition coefficient (Wildman–Crippen LogP) is -0.0940. The Bertz CT molecular complexity index is 516. The number of hydrogen-bond donors (Lipinski definition) is 1. The van der Waals surface area contributed by atoms with Gasteiger partial charge >= 0.3 is 0 Å². The molecule has 25 heavy (non-hydrogen) atoms. The van der Waals surface area contributed by atoms with E-state index >= 15 is 0 Å². The maximum Gasteiger partial charge on any atom is 0.282 e. The van der Waals surface area contributed by atoms with Crippen LogP contribution >= 0.6 is 12.4 Å². The maximum absolute atomic E-state index is 12.8. The number of carbonyl (C=O) groups excluding carboxylic acids is 1. The van der Waals surface area contributed by atoms with Crippen molar-refractivity contribution in [2.45, 2.75) is 38.9 Å². The zero-order valence-electron chi connectivity index (χ0n) is 15.3. The average molecular weight is 399 g/mol. The van der Waals surface area contributed by atoms with Crippen molar-refractivity contribution in [3.63, 3.8) is 0 Å². The summed E-state index contributed by atoms with van der Waals surface area (Å²) in [4.78, 5) is 13.9. The van der Waals surface area contributed by atoms with Crippen molar-refractivity contribution >= 4 is 28.5 Å². The summed E-state index contributed by atoms with van der Waals surface area (Å²) in [7, 11) is -1.62. The minimum atomic E-state index is -3.48. The van der Waals surface area contributed by atoms with Crippen LogP contribution in [0.3, 0.4) is 0 Å². The number of piperazine rings is 1. The van der Waals surface area contributed by atoms with Crippen LogP contribution in [0.15, 0.2) is 0 Å². The number of nitrogens with zero attached hydrogens (tertiary/aromatic N) is 3. The van der Waals surface area contributed by atoms with E-state index in [4.69, 9.17) is 4.74 Å². The molecule has 0 aromatic heterocycles. The molecule has 0 bridgehead atoms. The molecule has 2 saturated heterocycles. The second-order valence-corrected chi connectivity index (χ2v) is 8.50. The Morgan fingerprint density at radius 2 is 1.64 bits per heavy atom. The molecule has 148 valence electrons. The molecule has 0 saturated carbocycles. The molecule has 1 amide bonds. The smallest absolute Gasteiger partial charge is 0.282 e. The Hall–Kier alpha value is -0.450. The van der Waals surface area contributed by atoms with E-state index in [2.05, 4.69) is 5.32 Å². The van der Waals surface area contributed by atoms with Crippen molar-refractivity contribution < 1.29 is 17.9 Å². The van der Waals surface area contributed by atoms with Gasteiger partial charge in [0.1, 0.15) is 0 Å². The average Bonchev–Trinajstić information content (AvgIpc) is 2.54. The van der Waals surface area contributed by atoms with Gasteiger partial charge in [-0.2, -0.15) is 17.0 Å². The summed E-state index contributed by atoms with van der Waals surface area (Å²) in [5, 5.41) is 3.02. The Morgan fingerprint density at radius 1 is 1.08 bits per heavy atom. The molecule has 2 aliphatic rings. The van der Waals surface area contributed by atoms with Gasteiger partial charge in [0.15, 0.2) is 0 Å². The normalized spacial score (nSPS) is 26.3. The maximum atomic E-state index is 12.8. The number of halogens is 1. The fourth-order valence-electron chi connectivity index (χ4n) is 3.23. The summed E-state index contributed by atoms with van der Waals surface area (Å²) in [6.07, 6.45) is 1.11. The van der Waals surface area contributed by atoms with Crippen LogP contribution in [0.25, 0.3) is 0 Å². The van der Waals surface area contributed by atoms with Gasteiger partial charge in [0.05, 0.1) is 12.2 Å². The lowest BCUT2D eigenvalue weighted by molar-refractivity contribution is -0.132. The molecule has 0 spiro atoms. The van der Waals surface area contributed by atoms with E-state index in [1.54, 1.807) is 4.90 Å². The minimum Gasteiger partial charge on any atom is -0.373 e. The SMILES string of the molecule is CNCCCC(=O)N1CCN(S(=O)(=O)N2CC(C)OC(C)C2)CC1.Cl. The highest BCUT2D eigenvalue weighted by Gasteiger charge is 2.37. The van der Waals surface area contributed by atoms with Crippen LogP contribution < -0.4 is 5.32 Å². The lowest BCUT2D eigenvalue weighted by atomic mass is 10.2. The van der Waals surface area contributed by atoms with Gasteiger partial charge in [-0.3, -0.25) is 4.79 Å². The number of ether oxygens (including phenoxy) is 1. The van der Waals surface area contributed by atoms with Crippen molar-refractivity contribution in [3.8, 4) is 0 Å². The first-order valence-corrected chi connectivity index (χ1v) is 10.1. The molecule has 2 rings (SSSR count). The van der Waals surface area contributed by atoms with E-state index in [1.807, 2.05) is 20.9 Å². The summed E-state index contributed by atoms with van der Waals surface area (Å²) in [6.45, 7) is 7.01. The van der Waals surface area contributed by atoms with Crippen LogP contribution in [-0.4, -0.2) is 92.9 Å². The van der Waals surface area contributed by atoms with Crippen LogP contribution in [0, 0.1) is 0 Å². The van der Waals surface area contributed by atoms with E-state index in [1.165, 1.54) is 8.61 Å². The standard InChI is InChI=1S/C15H30N4O4S.ClH/c1-13-11-19(12-14(2)23-13)24(21,22)18-9-7-17(8-10-18)15(20)5-4-6-16-3;/h13-14,16H,4-12H2,1-3H3;1H. The molecule has 1 N–H and O–H groups in total. The highest BCUT2D eigenvalue weighted by atomic mass is 35.5. The van der Waals surface area contributed by atoms with Crippen LogP contribution in [0.4, 0.5) is 0 Å². The van der Waals surface area contributed by atoms with Crippen LogP contribution in [0.1, 0.15) is 26.7 Å². The number of carbonyl (C=O) groups is 1. The summed E-state index contributed by atoms with van der Waals surface area (Å²) in [5.74, 6) is 0.107. The van der Waals surface area contributed by atoms with E-state index in [0.29, 0.717) is 45.7 Å². The fourth-order valence-corrected chi connectivity index (χ4v) is 4.97. The van der Waals surface area contributed by atoms with Crippen molar-refractivity contribution in [1.82, 2.24) is 18.8 Å². The molecular formula is C15H31ClN4O4S. The summed E-state index contributed by atoms with van der Waals surface area (Å²) >= 11 is 0. The molecule has 0 radical (unpaired) electrons. The van der Waals surface area contributed by atoms with Crippen molar-refractivity contribution in [2.75, 3.05) is 52.9 Å². The topological polar surface area (TPSA) is 82.2 Å². The Labute approximate surface area is 157 Å². The zero-order chi connectivity index (χ0) is 17.7. The molecule has 0 aliphatic carbocycles. The van der Waals surface area contributed by atoms with Crippen molar-refractivity contribution in [3.05, 3.63) is 0 Å². The van der Waals surface area contributed by atoms with Gasteiger partial charge in [-0.25, -0.2) is 0 Å². The molecule has 2 atom stereocenters. The van der Waals surface area contributed by atoms with Crippen LogP contribution in [-0.2, 0) is 19.7 Å². The molecule has 2 aliphatic heterocycles. The predicted molar refractivity (Wildman–Crippen MR) is 99.1 cm³/mol. The third kappa shape index (κ3) is 6.04. The minimum absolute atomic E-state index is 0. The van der Waals surface area contributed by atoms with Gasteiger partial charge in [-0.15, -0.1) is 12.4 Å². The molecule has 0 aromatic carbocycles. The first-order chi connectivity index (χ1) is 11.3. The Kier molecular flexibility index (Phi) is 9.07. The quantitative estimate of drug-likeness (QED) is 0.632. The molecule has 2 fully saturated rings. The zero-order valence-corrected chi connectivity index (χ0v) is 16.9. The lowest BCUT2D eigenvalue weighted by Gasteiger charge is -2.40.